The van der Waals surface area contributed by atoms with Crippen LogP contribution in [0.2, 0.25) is 0 Å². The lowest BCUT2D eigenvalue weighted by Crippen LogP contribution is -1.72. The van der Waals surface area contributed by atoms with Crippen molar-refractivity contribution in [3.8, 4) is 0 Å². The fourth-order valence-corrected chi connectivity index (χ4v) is 1.29. The van der Waals surface area contributed by atoms with Crippen LogP contribution in [0.15, 0.2) is 41.0 Å². The highest BCUT2D eigenvalue weighted by Gasteiger charge is 1.99. The van der Waals surface area contributed by atoms with Crippen LogP contribution in [-0.4, -0.2) is 6.29 Å². The van der Waals surface area contributed by atoms with E-state index in [9.17, 15) is 4.79 Å². The smallest absolute Gasteiger partial charge is 0.142 e. The van der Waals surface area contributed by atoms with Crippen molar-refractivity contribution in [1.29, 1.82) is 0 Å². The van der Waals surface area contributed by atoms with Gasteiger partial charge in [-0.1, -0.05) is 18.2 Å². The van der Waals surface area contributed by atoms with Gasteiger partial charge < -0.3 is 4.42 Å². The summed E-state index contributed by atoms with van der Waals surface area (Å²) in [7, 11) is 0. The van der Waals surface area contributed by atoms with Gasteiger partial charge in [-0.2, -0.15) is 0 Å². The topological polar surface area (TPSA) is 30.2 Å². The van der Waals surface area contributed by atoms with E-state index in [2.05, 4.69) is 0 Å². The summed E-state index contributed by atoms with van der Waals surface area (Å²) in [6.07, 6.45) is 5.58. The third-order valence-electron chi connectivity index (χ3n) is 1.86. The Morgan fingerprint density at radius 1 is 1.23 bits per heavy atom. The molecule has 0 aliphatic heterocycles. The van der Waals surface area contributed by atoms with Gasteiger partial charge in [0.05, 0.1) is 6.26 Å². The Kier molecular flexibility index (Phi) is 1.96. The SMILES string of the molecule is O=C/C=C/c1cccc2ccoc12. The van der Waals surface area contributed by atoms with E-state index in [0.717, 1.165) is 22.8 Å². The lowest BCUT2D eigenvalue weighted by molar-refractivity contribution is -0.104. The maximum Gasteiger partial charge on any atom is 0.142 e. The molecule has 1 aromatic heterocycles. The molecule has 1 aromatic carbocycles. The number of hydrogen-bond donors (Lipinski definition) is 0. The van der Waals surface area contributed by atoms with E-state index in [-0.39, 0.29) is 0 Å². The average molecular weight is 172 g/mol. The van der Waals surface area contributed by atoms with Crippen molar-refractivity contribution in [2.75, 3.05) is 0 Å². The van der Waals surface area contributed by atoms with Gasteiger partial charge in [-0.3, -0.25) is 4.79 Å². The van der Waals surface area contributed by atoms with Gasteiger partial charge in [0.25, 0.3) is 0 Å². The molecule has 0 bridgehead atoms. The summed E-state index contributed by atoms with van der Waals surface area (Å²) in [5, 5.41) is 1.05. The molecule has 0 spiro atoms. The summed E-state index contributed by atoms with van der Waals surface area (Å²) >= 11 is 0. The van der Waals surface area contributed by atoms with Crippen molar-refractivity contribution in [1.82, 2.24) is 0 Å². The number of rotatable bonds is 2. The third-order valence-corrected chi connectivity index (χ3v) is 1.86. The minimum Gasteiger partial charge on any atom is -0.464 e. The van der Waals surface area contributed by atoms with Gasteiger partial charge >= 0.3 is 0 Å². The summed E-state index contributed by atoms with van der Waals surface area (Å²) in [5.74, 6) is 0. The highest BCUT2D eigenvalue weighted by Crippen LogP contribution is 2.20. The number of fused-ring (bicyclic) bond motifs is 1. The molecule has 0 saturated carbocycles. The van der Waals surface area contributed by atoms with E-state index in [1.165, 1.54) is 6.08 Å². The second kappa shape index (κ2) is 3.27. The number of allylic oxidation sites excluding steroid dienone is 1. The number of para-hydroxylation sites is 1. The van der Waals surface area contributed by atoms with Gasteiger partial charge in [-0.15, -0.1) is 0 Å². The Morgan fingerprint density at radius 3 is 3.00 bits per heavy atom. The van der Waals surface area contributed by atoms with Gasteiger partial charge in [0.1, 0.15) is 11.9 Å². The molecule has 0 atom stereocenters. The van der Waals surface area contributed by atoms with Crippen molar-refractivity contribution in [3.63, 3.8) is 0 Å². The molecule has 2 rings (SSSR count). The molecular formula is C11H8O2. The van der Waals surface area contributed by atoms with E-state index in [1.807, 2.05) is 24.3 Å². The zero-order valence-corrected chi connectivity index (χ0v) is 6.94. The maximum absolute atomic E-state index is 10.1. The van der Waals surface area contributed by atoms with Crippen LogP contribution in [0, 0.1) is 0 Å². The second-order valence-electron chi connectivity index (χ2n) is 2.68. The summed E-state index contributed by atoms with van der Waals surface area (Å²) in [4.78, 5) is 10.1. The molecule has 0 radical (unpaired) electrons. The van der Waals surface area contributed by atoms with E-state index in [4.69, 9.17) is 4.42 Å². The number of benzene rings is 1. The Hall–Kier alpha value is -1.83. The van der Waals surface area contributed by atoms with Crippen LogP contribution in [-0.2, 0) is 4.79 Å². The largest absolute Gasteiger partial charge is 0.464 e. The van der Waals surface area contributed by atoms with Crippen LogP contribution in [0.1, 0.15) is 5.56 Å². The first-order valence-electron chi connectivity index (χ1n) is 4.00. The molecule has 0 amide bonds. The lowest BCUT2D eigenvalue weighted by Gasteiger charge is -1.92. The molecular weight excluding hydrogens is 164 g/mol. The molecule has 0 fully saturated rings. The first kappa shape index (κ1) is 7.80. The highest BCUT2D eigenvalue weighted by molar-refractivity contribution is 5.88. The normalized spacial score (nSPS) is 11.1. The number of hydrogen-bond acceptors (Lipinski definition) is 2. The van der Waals surface area contributed by atoms with Gasteiger partial charge in [-0.25, -0.2) is 0 Å². The highest BCUT2D eigenvalue weighted by atomic mass is 16.3. The number of aldehydes is 1. The fraction of sp³-hybridized carbons (Fsp3) is 0. The quantitative estimate of drug-likeness (QED) is 0.515. The van der Waals surface area contributed by atoms with Crippen molar-refractivity contribution >= 4 is 23.3 Å². The number of carbonyl (C=O) groups excluding carboxylic acids is 1. The molecule has 2 heteroatoms. The van der Waals surface area contributed by atoms with Crippen LogP contribution in [0.4, 0.5) is 0 Å². The monoisotopic (exact) mass is 172 g/mol. The molecule has 0 unspecified atom stereocenters. The molecule has 2 aromatic rings. The van der Waals surface area contributed by atoms with Gasteiger partial charge in [0.2, 0.25) is 0 Å². The van der Waals surface area contributed by atoms with Crippen LogP contribution >= 0.6 is 0 Å². The summed E-state index contributed by atoms with van der Waals surface area (Å²) < 4.78 is 5.28. The Balaban J connectivity index is 2.60. The minimum absolute atomic E-state index is 0.752. The van der Waals surface area contributed by atoms with E-state index in [1.54, 1.807) is 12.3 Å². The number of furan rings is 1. The zero-order valence-electron chi connectivity index (χ0n) is 6.94. The van der Waals surface area contributed by atoms with E-state index in [0.29, 0.717) is 0 Å². The Bertz CT molecular complexity index is 452. The van der Waals surface area contributed by atoms with Crippen molar-refractivity contribution < 1.29 is 9.21 Å². The minimum atomic E-state index is 0.752. The maximum atomic E-state index is 10.1. The first-order valence-corrected chi connectivity index (χ1v) is 4.00. The molecule has 1 heterocycles. The standard InChI is InChI=1S/C11H8O2/c12-7-2-5-9-3-1-4-10-6-8-13-11(9)10/h1-8H/b5-2+. The summed E-state index contributed by atoms with van der Waals surface area (Å²) in [5.41, 5.74) is 1.75. The Labute approximate surface area is 75.5 Å². The summed E-state index contributed by atoms with van der Waals surface area (Å²) in [6.45, 7) is 0. The molecule has 0 saturated heterocycles. The predicted molar refractivity (Wildman–Crippen MR) is 51.3 cm³/mol. The third kappa shape index (κ3) is 1.38. The van der Waals surface area contributed by atoms with Crippen LogP contribution in [0.5, 0.6) is 0 Å². The average Bonchev–Trinajstić information content (AvgIpc) is 2.62. The molecule has 0 aliphatic rings. The molecule has 64 valence electrons. The van der Waals surface area contributed by atoms with Crippen LogP contribution < -0.4 is 0 Å². The van der Waals surface area contributed by atoms with Crippen molar-refractivity contribution in [3.05, 3.63) is 42.2 Å². The number of carbonyl (C=O) groups is 1. The zero-order chi connectivity index (χ0) is 9.10. The molecule has 13 heavy (non-hydrogen) atoms. The molecule has 0 N–H and O–H groups in total. The van der Waals surface area contributed by atoms with Gasteiger partial charge in [0, 0.05) is 10.9 Å². The van der Waals surface area contributed by atoms with Crippen LogP contribution in [0.3, 0.4) is 0 Å². The fourth-order valence-electron chi connectivity index (χ4n) is 1.29. The molecule has 2 nitrogen and oxygen atoms in total. The lowest BCUT2D eigenvalue weighted by atomic mass is 10.1. The van der Waals surface area contributed by atoms with Crippen molar-refractivity contribution in [2.24, 2.45) is 0 Å². The van der Waals surface area contributed by atoms with Crippen molar-refractivity contribution in [2.45, 2.75) is 0 Å². The Morgan fingerprint density at radius 2 is 2.15 bits per heavy atom. The van der Waals surface area contributed by atoms with E-state index < -0.39 is 0 Å². The van der Waals surface area contributed by atoms with Gasteiger partial charge in [0.15, 0.2) is 0 Å². The van der Waals surface area contributed by atoms with E-state index >= 15 is 0 Å². The second-order valence-corrected chi connectivity index (χ2v) is 2.68. The predicted octanol–water partition coefficient (Wildman–Crippen LogP) is 2.64. The van der Waals surface area contributed by atoms with Crippen LogP contribution in [0.25, 0.3) is 17.0 Å². The first-order chi connectivity index (χ1) is 6.42. The van der Waals surface area contributed by atoms with Gasteiger partial charge in [-0.05, 0) is 18.2 Å². The molecule has 0 aliphatic carbocycles. The summed E-state index contributed by atoms with van der Waals surface area (Å²) in [6, 6.07) is 7.71.